The predicted octanol–water partition coefficient (Wildman–Crippen LogP) is 2.94. The van der Waals surface area contributed by atoms with Gasteiger partial charge in [0, 0.05) is 18.1 Å². The van der Waals surface area contributed by atoms with Gasteiger partial charge in [0.25, 0.3) is 0 Å². The molecular weight excluding hydrogens is 276 g/mol. The second-order valence-corrected chi connectivity index (χ2v) is 6.30. The molecule has 0 radical (unpaired) electrons. The lowest BCUT2D eigenvalue weighted by molar-refractivity contribution is -0.0975. The van der Waals surface area contributed by atoms with Crippen molar-refractivity contribution in [1.82, 2.24) is 4.98 Å². The average molecular weight is 298 g/mol. The van der Waals surface area contributed by atoms with E-state index in [1.807, 2.05) is 6.92 Å². The van der Waals surface area contributed by atoms with E-state index in [-0.39, 0.29) is 23.5 Å². The SMILES string of the molecule is CCOC(=O)c1ncsc1NC1CC(OCC)C1(C)C. The number of thiazole rings is 1. The summed E-state index contributed by atoms with van der Waals surface area (Å²) in [4.78, 5) is 15.9. The molecular formula is C14H22N2O3S. The Hall–Kier alpha value is -1.14. The zero-order valence-electron chi connectivity index (χ0n) is 12.4. The number of carbonyl (C=O) groups is 1. The fraction of sp³-hybridized carbons (Fsp3) is 0.714. The Morgan fingerprint density at radius 3 is 2.85 bits per heavy atom. The van der Waals surface area contributed by atoms with Crippen molar-refractivity contribution in [2.24, 2.45) is 5.41 Å². The van der Waals surface area contributed by atoms with Crippen LogP contribution in [0.2, 0.25) is 0 Å². The first-order chi connectivity index (χ1) is 9.50. The number of anilines is 1. The molecule has 1 aliphatic carbocycles. The number of hydrogen-bond acceptors (Lipinski definition) is 6. The number of hydrogen-bond donors (Lipinski definition) is 1. The second kappa shape index (κ2) is 6.10. The summed E-state index contributed by atoms with van der Waals surface area (Å²) in [6, 6.07) is 0.285. The van der Waals surface area contributed by atoms with Gasteiger partial charge in [-0.25, -0.2) is 9.78 Å². The molecule has 2 rings (SSSR count). The van der Waals surface area contributed by atoms with Crippen LogP contribution < -0.4 is 5.32 Å². The maximum atomic E-state index is 11.8. The Bertz CT molecular complexity index is 473. The predicted molar refractivity (Wildman–Crippen MR) is 79.3 cm³/mol. The third kappa shape index (κ3) is 2.81. The molecule has 0 saturated heterocycles. The van der Waals surface area contributed by atoms with E-state index < -0.39 is 0 Å². The van der Waals surface area contributed by atoms with Crippen LogP contribution in [0.4, 0.5) is 5.00 Å². The Balaban J connectivity index is 2.02. The zero-order valence-corrected chi connectivity index (χ0v) is 13.3. The first-order valence-electron chi connectivity index (χ1n) is 6.99. The summed E-state index contributed by atoms with van der Waals surface area (Å²) in [5.74, 6) is -0.366. The van der Waals surface area contributed by atoms with Gasteiger partial charge < -0.3 is 14.8 Å². The third-order valence-electron chi connectivity index (χ3n) is 3.89. The quantitative estimate of drug-likeness (QED) is 0.818. The molecule has 2 unspecified atom stereocenters. The van der Waals surface area contributed by atoms with Gasteiger partial charge in [-0.05, 0) is 20.3 Å². The topological polar surface area (TPSA) is 60.5 Å². The van der Waals surface area contributed by atoms with Crippen LogP contribution in [0.15, 0.2) is 5.51 Å². The monoisotopic (exact) mass is 298 g/mol. The van der Waals surface area contributed by atoms with E-state index in [1.54, 1.807) is 12.4 Å². The van der Waals surface area contributed by atoms with Crippen LogP contribution in [-0.2, 0) is 9.47 Å². The van der Waals surface area contributed by atoms with E-state index in [2.05, 4.69) is 24.1 Å². The summed E-state index contributed by atoms with van der Waals surface area (Å²) in [5, 5.41) is 4.21. The Morgan fingerprint density at radius 2 is 2.25 bits per heavy atom. The van der Waals surface area contributed by atoms with Crippen LogP contribution in [0.5, 0.6) is 0 Å². The van der Waals surface area contributed by atoms with Gasteiger partial charge in [0.2, 0.25) is 0 Å². The molecule has 2 atom stereocenters. The maximum Gasteiger partial charge on any atom is 0.360 e. The maximum absolute atomic E-state index is 11.8. The van der Waals surface area contributed by atoms with Crippen LogP contribution in [0.3, 0.4) is 0 Å². The number of esters is 1. The van der Waals surface area contributed by atoms with Crippen molar-refractivity contribution in [3.8, 4) is 0 Å². The minimum atomic E-state index is -0.366. The summed E-state index contributed by atoms with van der Waals surface area (Å²) in [5.41, 5.74) is 2.10. The van der Waals surface area contributed by atoms with E-state index in [9.17, 15) is 4.79 Å². The molecule has 6 heteroatoms. The van der Waals surface area contributed by atoms with Crippen molar-refractivity contribution in [3.05, 3.63) is 11.2 Å². The van der Waals surface area contributed by atoms with Crippen LogP contribution in [0.25, 0.3) is 0 Å². The van der Waals surface area contributed by atoms with Crippen LogP contribution >= 0.6 is 11.3 Å². The number of rotatable bonds is 6. The van der Waals surface area contributed by atoms with Gasteiger partial charge in [-0.2, -0.15) is 0 Å². The van der Waals surface area contributed by atoms with Crippen LogP contribution in [0.1, 0.15) is 44.6 Å². The second-order valence-electron chi connectivity index (χ2n) is 5.45. The molecule has 1 fully saturated rings. The molecule has 5 nitrogen and oxygen atoms in total. The number of aromatic nitrogens is 1. The van der Waals surface area contributed by atoms with Gasteiger partial charge in [-0.15, -0.1) is 11.3 Å². The van der Waals surface area contributed by atoms with E-state index >= 15 is 0 Å². The standard InChI is InChI=1S/C14H22N2O3S/c1-5-18-10-7-9(14(10,3)4)16-12-11(15-8-20-12)13(17)19-6-2/h8-10,16H,5-7H2,1-4H3. The lowest BCUT2D eigenvalue weighted by atomic mass is 9.64. The highest BCUT2D eigenvalue weighted by molar-refractivity contribution is 7.14. The van der Waals surface area contributed by atoms with Crippen molar-refractivity contribution < 1.29 is 14.3 Å². The van der Waals surface area contributed by atoms with E-state index in [4.69, 9.17) is 9.47 Å². The summed E-state index contributed by atoms with van der Waals surface area (Å²) < 4.78 is 10.7. The highest BCUT2D eigenvalue weighted by atomic mass is 32.1. The van der Waals surface area contributed by atoms with Gasteiger partial charge in [-0.1, -0.05) is 13.8 Å². The molecule has 0 bridgehead atoms. The normalized spacial score (nSPS) is 24.0. The molecule has 0 aromatic carbocycles. The fourth-order valence-electron chi connectivity index (χ4n) is 2.47. The largest absolute Gasteiger partial charge is 0.461 e. The number of ether oxygens (including phenoxy) is 2. The minimum Gasteiger partial charge on any atom is -0.461 e. The Labute approximate surface area is 123 Å². The van der Waals surface area contributed by atoms with Gasteiger partial charge in [-0.3, -0.25) is 0 Å². The minimum absolute atomic E-state index is 0.0476. The molecule has 0 aliphatic heterocycles. The Kier molecular flexibility index (Phi) is 4.65. The van der Waals surface area contributed by atoms with Crippen molar-refractivity contribution in [2.45, 2.75) is 46.3 Å². The van der Waals surface area contributed by atoms with Gasteiger partial charge in [0.15, 0.2) is 5.69 Å². The smallest absolute Gasteiger partial charge is 0.360 e. The van der Waals surface area contributed by atoms with Gasteiger partial charge in [0.05, 0.1) is 18.2 Å². The molecule has 0 amide bonds. The molecule has 1 saturated carbocycles. The molecule has 1 N–H and O–H groups in total. The van der Waals surface area contributed by atoms with Crippen molar-refractivity contribution >= 4 is 22.3 Å². The van der Waals surface area contributed by atoms with Crippen molar-refractivity contribution in [2.75, 3.05) is 18.5 Å². The molecule has 112 valence electrons. The van der Waals surface area contributed by atoms with Crippen molar-refractivity contribution in [3.63, 3.8) is 0 Å². The molecule has 1 heterocycles. The first kappa shape index (κ1) is 15.3. The van der Waals surface area contributed by atoms with Crippen LogP contribution in [0, 0.1) is 5.41 Å². The van der Waals surface area contributed by atoms with Gasteiger partial charge >= 0.3 is 5.97 Å². The molecule has 1 aliphatic rings. The molecule has 1 aromatic rings. The number of nitrogens with zero attached hydrogens (tertiary/aromatic N) is 1. The highest BCUT2D eigenvalue weighted by Crippen LogP contribution is 2.45. The lowest BCUT2D eigenvalue weighted by Gasteiger charge is -2.51. The van der Waals surface area contributed by atoms with Gasteiger partial charge in [0.1, 0.15) is 5.00 Å². The summed E-state index contributed by atoms with van der Waals surface area (Å²) >= 11 is 1.43. The fourth-order valence-corrected chi connectivity index (χ4v) is 3.19. The van der Waals surface area contributed by atoms with Crippen LogP contribution in [-0.4, -0.2) is 36.3 Å². The van der Waals surface area contributed by atoms with E-state index in [0.717, 1.165) is 18.0 Å². The van der Waals surface area contributed by atoms with Crippen molar-refractivity contribution in [1.29, 1.82) is 0 Å². The molecule has 20 heavy (non-hydrogen) atoms. The van der Waals surface area contributed by atoms with E-state index in [0.29, 0.717) is 12.3 Å². The average Bonchev–Trinajstić information content (AvgIpc) is 2.86. The Morgan fingerprint density at radius 1 is 1.50 bits per heavy atom. The highest BCUT2D eigenvalue weighted by Gasteiger charge is 2.49. The van der Waals surface area contributed by atoms with E-state index in [1.165, 1.54) is 11.3 Å². The first-order valence-corrected chi connectivity index (χ1v) is 7.87. The molecule has 0 spiro atoms. The summed E-state index contributed by atoms with van der Waals surface area (Å²) in [6.07, 6.45) is 1.21. The summed E-state index contributed by atoms with van der Waals surface area (Å²) in [7, 11) is 0. The number of carbonyl (C=O) groups excluding carboxylic acids is 1. The lowest BCUT2D eigenvalue weighted by Crippen LogP contribution is -2.58. The molecule has 1 aromatic heterocycles. The zero-order chi connectivity index (χ0) is 14.8. The summed E-state index contributed by atoms with van der Waals surface area (Å²) in [6.45, 7) is 9.25. The third-order valence-corrected chi connectivity index (χ3v) is 4.64. The number of nitrogens with one attached hydrogen (secondary N) is 1.